The minimum Gasteiger partial charge on any atom is -0.494 e. The number of benzene rings is 2. The molecule has 0 aliphatic carbocycles. The van der Waals surface area contributed by atoms with Gasteiger partial charge in [0, 0.05) is 6.20 Å². The number of nitrogens with zero attached hydrogens (tertiary/aromatic N) is 1. The molecule has 1 heterocycles. The van der Waals surface area contributed by atoms with Crippen LogP contribution in [0.4, 0.5) is 0 Å². The Morgan fingerprint density at radius 3 is 1.97 bits per heavy atom. The molecule has 1 aromatic heterocycles. The third kappa shape index (κ3) is 9.03. The lowest BCUT2D eigenvalue weighted by Crippen LogP contribution is -2.14. The van der Waals surface area contributed by atoms with E-state index < -0.39 is 0 Å². The van der Waals surface area contributed by atoms with Crippen LogP contribution in [-0.4, -0.2) is 23.7 Å². The van der Waals surface area contributed by atoms with Gasteiger partial charge in [-0.1, -0.05) is 70.2 Å². The number of ether oxygens (including phenoxy) is 3. The first kappa shape index (κ1) is 27.3. The molecule has 5 nitrogen and oxygen atoms in total. The van der Waals surface area contributed by atoms with Gasteiger partial charge in [0.2, 0.25) is 0 Å². The summed E-state index contributed by atoms with van der Waals surface area (Å²) in [7, 11) is 0. The van der Waals surface area contributed by atoms with Crippen LogP contribution in [0.3, 0.4) is 0 Å². The Hall–Kier alpha value is -3.34. The number of rotatable bonds is 15. The highest BCUT2D eigenvalue weighted by atomic mass is 16.5. The van der Waals surface area contributed by atoms with Crippen molar-refractivity contribution in [2.75, 3.05) is 6.61 Å². The molecule has 2 aromatic carbocycles. The van der Waals surface area contributed by atoms with Crippen molar-refractivity contribution < 1.29 is 19.0 Å². The van der Waals surface area contributed by atoms with Crippen molar-refractivity contribution in [2.45, 2.75) is 78.4 Å². The van der Waals surface area contributed by atoms with Crippen molar-refractivity contribution in [3.63, 3.8) is 0 Å². The number of hydrogen-bond acceptors (Lipinski definition) is 5. The van der Waals surface area contributed by atoms with Gasteiger partial charge in [0.05, 0.1) is 24.0 Å². The second-order valence-electron chi connectivity index (χ2n) is 9.12. The Labute approximate surface area is 215 Å². The molecular weight excluding hydrogens is 450 g/mol. The number of aromatic nitrogens is 1. The van der Waals surface area contributed by atoms with Crippen LogP contribution in [0.25, 0.3) is 11.1 Å². The Kier molecular flexibility index (Phi) is 11.3. The first-order chi connectivity index (χ1) is 17.6. The molecule has 192 valence electrons. The molecule has 0 amide bonds. The van der Waals surface area contributed by atoms with E-state index in [-0.39, 0.29) is 12.1 Å². The molecule has 1 atom stereocenters. The van der Waals surface area contributed by atoms with Crippen LogP contribution in [0.2, 0.25) is 0 Å². The predicted octanol–water partition coefficient (Wildman–Crippen LogP) is 8.02. The smallest absolute Gasteiger partial charge is 0.339 e. The van der Waals surface area contributed by atoms with Gasteiger partial charge in [-0.2, -0.15) is 0 Å². The molecule has 0 fully saturated rings. The monoisotopic (exact) mass is 489 g/mol. The molecular formula is C31H39NO4. The number of carbonyl (C=O) groups is 1. The average Bonchev–Trinajstić information content (AvgIpc) is 2.92. The molecule has 0 N–H and O–H groups in total. The molecule has 3 aromatic rings. The van der Waals surface area contributed by atoms with Gasteiger partial charge in [0.25, 0.3) is 0 Å². The van der Waals surface area contributed by atoms with E-state index in [4.69, 9.17) is 14.2 Å². The Morgan fingerprint density at radius 1 is 0.778 bits per heavy atom. The van der Waals surface area contributed by atoms with Gasteiger partial charge in [0.15, 0.2) is 0 Å². The van der Waals surface area contributed by atoms with Crippen molar-refractivity contribution in [3.05, 3.63) is 78.1 Å². The minimum atomic E-state index is -0.350. The van der Waals surface area contributed by atoms with E-state index in [1.165, 1.54) is 38.3 Å². The lowest BCUT2D eigenvalue weighted by molar-refractivity contribution is 0.0334. The first-order valence-electron chi connectivity index (χ1n) is 13.2. The average molecular weight is 490 g/mol. The number of carbonyl (C=O) groups excluding carboxylic acids is 1. The SMILES string of the molecule is CCCCCCCCOc1ccc(-c2ccc(OCc3ccc(C(=O)OC(C)CC)cn3)cc2)cc1. The van der Waals surface area contributed by atoms with Crippen LogP contribution in [0.1, 0.15) is 81.8 Å². The van der Waals surface area contributed by atoms with Crippen molar-refractivity contribution in [3.8, 4) is 22.6 Å². The molecule has 0 aliphatic heterocycles. The highest BCUT2D eigenvalue weighted by Crippen LogP contribution is 2.25. The van der Waals surface area contributed by atoms with Gasteiger partial charge in [-0.05, 0) is 67.3 Å². The summed E-state index contributed by atoms with van der Waals surface area (Å²) in [6, 6.07) is 19.8. The zero-order valence-corrected chi connectivity index (χ0v) is 21.9. The molecule has 0 radical (unpaired) electrons. The lowest BCUT2D eigenvalue weighted by atomic mass is 10.1. The first-order valence-corrected chi connectivity index (χ1v) is 13.2. The van der Waals surface area contributed by atoms with Gasteiger partial charge in [-0.3, -0.25) is 4.98 Å². The number of pyridine rings is 1. The Bertz CT molecular complexity index is 1030. The van der Waals surface area contributed by atoms with E-state index in [2.05, 4.69) is 24.0 Å². The molecule has 1 unspecified atom stereocenters. The fourth-order valence-corrected chi connectivity index (χ4v) is 3.68. The summed E-state index contributed by atoms with van der Waals surface area (Å²) >= 11 is 0. The van der Waals surface area contributed by atoms with E-state index in [0.29, 0.717) is 12.2 Å². The van der Waals surface area contributed by atoms with Crippen LogP contribution in [0.5, 0.6) is 11.5 Å². The Morgan fingerprint density at radius 2 is 1.39 bits per heavy atom. The maximum absolute atomic E-state index is 12.1. The zero-order valence-electron chi connectivity index (χ0n) is 21.9. The van der Waals surface area contributed by atoms with E-state index in [1.807, 2.05) is 50.2 Å². The summed E-state index contributed by atoms with van der Waals surface area (Å²) in [4.78, 5) is 16.4. The zero-order chi connectivity index (χ0) is 25.6. The maximum Gasteiger partial charge on any atom is 0.339 e. The van der Waals surface area contributed by atoms with Crippen molar-refractivity contribution in [1.29, 1.82) is 0 Å². The van der Waals surface area contributed by atoms with Crippen LogP contribution < -0.4 is 9.47 Å². The third-order valence-electron chi connectivity index (χ3n) is 6.14. The molecule has 0 spiro atoms. The van der Waals surface area contributed by atoms with Gasteiger partial charge < -0.3 is 14.2 Å². The predicted molar refractivity (Wildman–Crippen MR) is 144 cm³/mol. The lowest BCUT2D eigenvalue weighted by Gasteiger charge is -2.11. The van der Waals surface area contributed by atoms with Gasteiger partial charge in [-0.25, -0.2) is 4.79 Å². The fraction of sp³-hybridized carbons (Fsp3) is 0.419. The molecule has 3 rings (SSSR count). The number of esters is 1. The van der Waals surface area contributed by atoms with Gasteiger partial charge >= 0.3 is 5.97 Å². The summed E-state index contributed by atoms with van der Waals surface area (Å²) in [5.74, 6) is 1.33. The summed E-state index contributed by atoms with van der Waals surface area (Å²) in [6.45, 7) is 7.19. The highest BCUT2D eigenvalue weighted by molar-refractivity contribution is 5.89. The van der Waals surface area contributed by atoms with Gasteiger partial charge in [0.1, 0.15) is 18.1 Å². The fourth-order valence-electron chi connectivity index (χ4n) is 3.68. The molecule has 5 heteroatoms. The minimum absolute atomic E-state index is 0.107. The summed E-state index contributed by atoms with van der Waals surface area (Å²) in [5.41, 5.74) is 3.44. The molecule has 0 saturated heterocycles. The Balaban J connectivity index is 1.43. The topological polar surface area (TPSA) is 57.7 Å². The standard InChI is InChI=1S/C31H39NO4/c1-4-6-7-8-9-10-21-34-29-17-12-25(13-18-29)26-14-19-30(20-15-26)35-23-28-16-11-27(22-32-28)31(33)36-24(3)5-2/h11-20,22,24H,4-10,21,23H2,1-3H3. The number of hydrogen-bond donors (Lipinski definition) is 0. The van der Waals surface area contributed by atoms with Crippen LogP contribution >= 0.6 is 0 Å². The van der Waals surface area contributed by atoms with Crippen LogP contribution in [-0.2, 0) is 11.3 Å². The van der Waals surface area contributed by atoms with Crippen LogP contribution in [0.15, 0.2) is 66.9 Å². The molecule has 0 bridgehead atoms. The molecule has 0 aliphatic rings. The van der Waals surface area contributed by atoms with E-state index in [1.54, 1.807) is 12.1 Å². The largest absolute Gasteiger partial charge is 0.494 e. The second kappa shape index (κ2) is 14.9. The van der Waals surface area contributed by atoms with E-state index in [0.717, 1.165) is 47.8 Å². The molecule has 36 heavy (non-hydrogen) atoms. The van der Waals surface area contributed by atoms with Crippen LogP contribution in [0, 0.1) is 0 Å². The van der Waals surface area contributed by atoms with Crippen molar-refractivity contribution in [2.24, 2.45) is 0 Å². The quantitative estimate of drug-likeness (QED) is 0.160. The van der Waals surface area contributed by atoms with Crippen molar-refractivity contribution in [1.82, 2.24) is 4.98 Å². The molecule has 0 saturated carbocycles. The van der Waals surface area contributed by atoms with Gasteiger partial charge in [-0.15, -0.1) is 0 Å². The second-order valence-corrected chi connectivity index (χ2v) is 9.12. The maximum atomic E-state index is 12.1. The third-order valence-corrected chi connectivity index (χ3v) is 6.14. The van der Waals surface area contributed by atoms with E-state index >= 15 is 0 Å². The summed E-state index contributed by atoms with van der Waals surface area (Å²) in [6.07, 6.45) is 9.80. The summed E-state index contributed by atoms with van der Waals surface area (Å²) in [5, 5.41) is 0. The number of unbranched alkanes of at least 4 members (excludes halogenated alkanes) is 5. The van der Waals surface area contributed by atoms with E-state index in [9.17, 15) is 4.79 Å². The normalized spacial score (nSPS) is 11.6. The van der Waals surface area contributed by atoms with Crippen molar-refractivity contribution >= 4 is 5.97 Å². The highest BCUT2D eigenvalue weighted by Gasteiger charge is 2.11. The summed E-state index contributed by atoms with van der Waals surface area (Å²) < 4.78 is 17.1.